The molecule has 2 atom stereocenters. The van der Waals surface area contributed by atoms with E-state index in [9.17, 15) is 9.59 Å². The third-order valence-corrected chi connectivity index (χ3v) is 3.89. The molecule has 0 aromatic carbocycles. The van der Waals surface area contributed by atoms with Crippen molar-refractivity contribution in [2.45, 2.75) is 104 Å². The highest BCUT2D eigenvalue weighted by atomic mass is 17.5. The monoisotopic (exact) mass is 394 g/mol. The van der Waals surface area contributed by atoms with Crippen molar-refractivity contribution < 1.29 is 44.0 Å². The molecule has 0 heterocycles. The van der Waals surface area contributed by atoms with Crippen molar-refractivity contribution in [3.05, 3.63) is 0 Å². The Morgan fingerprint density at radius 2 is 1.07 bits per heavy atom. The molecule has 0 rings (SSSR count). The minimum atomic E-state index is -1.44. The summed E-state index contributed by atoms with van der Waals surface area (Å²) in [6.45, 7) is 8.03. The average Bonchev–Trinajstić information content (AvgIpc) is 2.65. The first-order valence-corrected chi connectivity index (χ1v) is 9.82. The third kappa shape index (κ3) is 15.3. The van der Waals surface area contributed by atoms with Gasteiger partial charge < -0.3 is 4.74 Å². The van der Waals surface area contributed by atoms with Gasteiger partial charge in [-0.3, -0.25) is 0 Å². The second-order valence-corrected chi connectivity index (χ2v) is 6.15. The standard InChI is InChI=1S/C18H34O9/c1-5-9-11-13-15(7-3)22-26-24-17(19)21-18(20)25-27-23-16(8-4)14-12-10-6-2/h15-16H,5-14H2,1-4H3. The lowest BCUT2D eigenvalue weighted by Gasteiger charge is -2.13. The number of ether oxygens (including phenoxy) is 1. The van der Waals surface area contributed by atoms with Crippen LogP contribution in [0.3, 0.4) is 0 Å². The van der Waals surface area contributed by atoms with Gasteiger partial charge in [-0.25, -0.2) is 9.78 Å². The van der Waals surface area contributed by atoms with Gasteiger partial charge in [-0.1, -0.05) is 66.2 Å². The smallest absolute Gasteiger partial charge is 0.323 e. The zero-order valence-corrected chi connectivity index (χ0v) is 16.9. The van der Waals surface area contributed by atoms with Crippen LogP contribution in [-0.2, 0) is 34.4 Å². The maximum Gasteiger partial charge on any atom is 0.553 e. The predicted octanol–water partition coefficient (Wildman–Crippen LogP) is 5.72. The number of unbranched alkanes of at least 4 members (excludes halogenated alkanes) is 4. The van der Waals surface area contributed by atoms with E-state index in [-0.39, 0.29) is 12.2 Å². The summed E-state index contributed by atoms with van der Waals surface area (Å²) in [5, 5.41) is 8.68. The maximum atomic E-state index is 11.3. The van der Waals surface area contributed by atoms with Crippen molar-refractivity contribution in [3.8, 4) is 0 Å². The van der Waals surface area contributed by atoms with E-state index < -0.39 is 12.3 Å². The zero-order chi connectivity index (χ0) is 20.3. The first-order valence-electron chi connectivity index (χ1n) is 9.82. The van der Waals surface area contributed by atoms with Gasteiger partial charge in [-0.15, -0.1) is 0 Å². The largest absolute Gasteiger partial charge is 0.553 e. The lowest BCUT2D eigenvalue weighted by molar-refractivity contribution is -0.508. The fourth-order valence-electron chi connectivity index (χ4n) is 2.19. The van der Waals surface area contributed by atoms with E-state index in [1.807, 2.05) is 13.8 Å². The van der Waals surface area contributed by atoms with Crippen molar-refractivity contribution in [3.63, 3.8) is 0 Å². The van der Waals surface area contributed by atoms with E-state index in [2.05, 4.69) is 38.4 Å². The van der Waals surface area contributed by atoms with Crippen LogP contribution in [0.1, 0.15) is 91.9 Å². The summed E-state index contributed by atoms with van der Waals surface area (Å²) in [5.74, 6) is 0. The molecule has 0 aromatic rings. The lowest BCUT2D eigenvalue weighted by Crippen LogP contribution is -2.20. The first kappa shape index (κ1) is 25.6. The quantitative estimate of drug-likeness (QED) is 0.107. The highest BCUT2D eigenvalue weighted by Gasteiger charge is 2.18. The molecule has 0 bridgehead atoms. The molecule has 9 heteroatoms. The van der Waals surface area contributed by atoms with Crippen molar-refractivity contribution in [2.75, 3.05) is 0 Å². The molecular weight excluding hydrogens is 360 g/mol. The molecule has 9 nitrogen and oxygen atoms in total. The van der Waals surface area contributed by atoms with Crippen LogP contribution in [0.4, 0.5) is 9.59 Å². The minimum Gasteiger partial charge on any atom is -0.323 e. The molecule has 0 saturated carbocycles. The fraction of sp³-hybridized carbons (Fsp3) is 0.889. The number of carbonyl (C=O) groups excluding carboxylic acids is 2. The molecule has 0 saturated heterocycles. The Kier molecular flexibility index (Phi) is 17.0. The number of hydrogen-bond acceptors (Lipinski definition) is 9. The van der Waals surface area contributed by atoms with Gasteiger partial charge in [0, 0.05) is 0 Å². The molecule has 0 amide bonds. The lowest BCUT2D eigenvalue weighted by atomic mass is 10.1. The highest BCUT2D eigenvalue weighted by Crippen LogP contribution is 2.12. The molecule has 0 aromatic heterocycles. The molecule has 0 N–H and O–H groups in total. The van der Waals surface area contributed by atoms with Gasteiger partial charge in [-0.2, -0.15) is 19.4 Å². The Hall–Kier alpha value is -1.42. The molecular formula is C18H34O9. The molecule has 0 aliphatic rings. The van der Waals surface area contributed by atoms with Crippen LogP contribution in [0, 0.1) is 0 Å². The highest BCUT2D eigenvalue weighted by molar-refractivity contribution is 5.76. The molecule has 27 heavy (non-hydrogen) atoms. The van der Waals surface area contributed by atoms with Crippen LogP contribution in [0.15, 0.2) is 0 Å². The normalized spacial score (nSPS) is 13.0. The van der Waals surface area contributed by atoms with Gasteiger partial charge in [-0.05, 0) is 35.8 Å². The predicted molar refractivity (Wildman–Crippen MR) is 94.8 cm³/mol. The topological polar surface area (TPSA) is 98.8 Å². The molecule has 0 fully saturated rings. The first-order chi connectivity index (χ1) is 13.1. The van der Waals surface area contributed by atoms with Gasteiger partial charge >= 0.3 is 12.3 Å². The van der Waals surface area contributed by atoms with Crippen molar-refractivity contribution >= 4 is 12.3 Å². The summed E-state index contributed by atoms with van der Waals surface area (Å²) in [6, 6.07) is 0. The summed E-state index contributed by atoms with van der Waals surface area (Å²) in [6.07, 6.45) is 5.88. The fourth-order valence-corrected chi connectivity index (χ4v) is 2.19. The molecule has 0 radical (unpaired) electrons. The molecule has 2 unspecified atom stereocenters. The zero-order valence-electron chi connectivity index (χ0n) is 16.9. The summed E-state index contributed by atoms with van der Waals surface area (Å²) >= 11 is 0. The third-order valence-electron chi connectivity index (χ3n) is 3.89. The Balaban J connectivity index is 3.83. The van der Waals surface area contributed by atoms with Crippen LogP contribution in [-0.4, -0.2) is 24.5 Å². The molecule has 160 valence electrons. The SMILES string of the molecule is CCCCCC(CC)OOOC(=O)OC(=O)OOOC(CC)CCCCC. The number of hydrogen-bond donors (Lipinski definition) is 0. The van der Waals surface area contributed by atoms with E-state index in [1.165, 1.54) is 0 Å². The van der Waals surface area contributed by atoms with Crippen LogP contribution in [0.2, 0.25) is 0 Å². The van der Waals surface area contributed by atoms with E-state index in [1.54, 1.807) is 0 Å². The van der Waals surface area contributed by atoms with E-state index in [4.69, 9.17) is 9.78 Å². The summed E-state index contributed by atoms with van der Waals surface area (Å²) < 4.78 is 4.15. The maximum absolute atomic E-state index is 11.3. The van der Waals surface area contributed by atoms with Gasteiger partial charge in [0.25, 0.3) is 0 Å². The Labute approximate surface area is 161 Å². The van der Waals surface area contributed by atoms with Crippen LogP contribution in [0.5, 0.6) is 0 Å². The van der Waals surface area contributed by atoms with Gasteiger partial charge in [0.05, 0.1) is 12.2 Å². The van der Waals surface area contributed by atoms with E-state index in [0.29, 0.717) is 12.8 Å². The second-order valence-electron chi connectivity index (χ2n) is 6.15. The molecule has 0 aliphatic heterocycles. The van der Waals surface area contributed by atoms with Crippen LogP contribution >= 0.6 is 0 Å². The summed E-state index contributed by atoms with van der Waals surface area (Å²) in [5.41, 5.74) is 0. The Bertz CT molecular complexity index is 342. The minimum absolute atomic E-state index is 0.216. The summed E-state index contributed by atoms with van der Waals surface area (Å²) in [7, 11) is 0. The van der Waals surface area contributed by atoms with Crippen molar-refractivity contribution in [1.29, 1.82) is 0 Å². The molecule has 0 spiro atoms. The summed E-state index contributed by atoms with van der Waals surface area (Å²) in [4.78, 5) is 40.8. The van der Waals surface area contributed by atoms with Crippen LogP contribution < -0.4 is 0 Å². The van der Waals surface area contributed by atoms with Crippen molar-refractivity contribution in [2.24, 2.45) is 0 Å². The van der Waals surface area contributed by atoms with Gasteiger partial charge in [0.1, 0.15) is 0 Å². The average molecular weight is 394 g/mol. The number of rotatable bonds is 16. The molecule has 0 aliphatic carbocycles. The second kappa shape index (κ2) is 18.0. The van der Waals surface area contributed by atoms with E-state index >= 15 is 0 Å². The van der Waals surface area contributed by atoms with Gasteiger partial charge in [0.15, 0.2) is 0 Å². The van der Waals surface area contributed by atoms with Gasteiger partial charge in [0.2, 0.25) is 0 Å². The van der Waals surface area contributed by atoms with E-state index in [0.717, 1.165) is 51.4 Å². The Morgan fingerprint density at radius 3 is 1.41 bits per heavy atom. The van der Waals surface area contributed by atoms with Crippen molar-refractivity contribution in [1.82, 2.24) is 0 Å². The van der Waals surface area contributed by atoms with Crippen LogP contribution in [0.25, 0.3) is 0 Å². The number of carbonyl (C=O) groups is 2. The Morgan fingerprint density at radius 1 is 0.667 bits per heavy atom.